The number of hydrogen-bond acceptors (Lipinski definition) is 3. The van der Waals surface area contributed by atoms with Crippen LogP contribution in [0.2, 0.25) is 0 Å². The van der Waals surface area contributed by atoms with Crippen molar-refractivity contribution in [1.29, 1.82) is 0 Å². The van der Waals surface area contributed by atoms with Gasteiger partial charge in [-0.25, -0.2) is 4.79 Å². The molecule has 19 heavy (non-hydrogen) atoms. The first-order chi connectivity index (χ1) is 9.16. The Kier molecular flexibility index (Phi) is 4.77. The van der Waals surface area contributed by atoms with Crippen molar-refractivity contribution in [3.63, 3.8) is 0 Å². The Morgan fingerprint density at radius 2 is 2.16 bits per heavy atom. The lowest BCUT2D eigenvalue weighted by Gasteiger charge is -2.26. The Bertz CT molecular complexity index is 426. The maximum absolute atomic E-state index is 11.1. The molecule has 1 fully saturated rings. The summed E-state index contributed by atoms with van der Waals surface area (Å²) in [5.74, 6) is 0.756. The molecule has 0 amide bonds. The van der Waals surface area contributed by atoms with Gasteiger partial charge in [-0.2, -0.15) is 0 Å². The van der Waals surface area contributed by atoms with Gasteiger partial charge in [-0.05, 0) is 24.3 Å². The summed E-state index contributed by atoms with van der Waals surface area (Å²) in [7, 11) is 0. The van der Waals surface area contributed by atoms with Crippen LogP contribution in [0.5, 0.6) is 0 Å². The van der Waals surface area contributed by atoms with E-state index in [4.69, 9.17) is 5.11 Å². The van der Waals surface area contributed by atoms with Crippen molar-refractivity contribution < 1.29 is 9.90 Å². The number of anilines is 1. The highest BCUT2D eigenvalue weighted by atomic mass is 16.4. The van der Waals surface area contributed by atoms with Crippen molar-refractivity contribution in [3.05, 3.63) is 24.0 Å². The first kappa shape index (κ1) is 13.8. The van der Waals surface area contributed by atoms with Gasteiger partial charge in [0.2, 0.25) is 0 Å². The summed E-state index contributed by atoms with van der Waals surface area (Å²) >= 11 is 0. The molecule has 4 heteroatoms. The predicted octanol–water partition coefficient (Wildman–Crippen LogP) is 3.41. The highest BCUT2D eigenvalue weighted by Crippen LogP contribution is 2.30. The van der Waals surface area contributed by atoms with Gasteiger partial charge in [0, 0.05) is 12.7 Å². The maximum Gasteiger partial charge on any atom is 0.337 e. The van der Waals surface area contributed by atoms with Crippen LogP contribution in [0.15, 0.2) is 18.5 Å². The predicted molar refractivity (Wildman–Crippen MR) is 75.4 cm³/mol. The number of carboxylic acid groups (broad SMARTS) is 1. The number of hydrogen-bond donors (Lipinski definition) is 2. The number of rotatable bonds is 5. The normalized spacial score (nSPS) is 23.0. The van der Waals surface area contributed by atoms with E-state index >= 15 is 0 Å². The Labute approximate surface area is 114 Å². The maximum atomic E-state index is 11.1. The average molecular weight is 262 g/mol. The molecule has 0 atom stereocenters. The van der Waals surface area contributed by atoms with E-state index in [1.54, 1.807) is 6.20 Å². The molecule has 4 nitrogen and oxygen atoms in total. The molecule has 0 saturated heterocycles. The quantitative estimate of drug-likeness (QED) is 0.853. The zero-order valence-electron chi connectivity index (χ0n) is 11.4. The molecule has 104 valence electrons. The molecule has 1 saturated carbocycles. The molecule has 1 aliphatic carbocycles. The van der Waals surface area contributed by atoms with Crippen molar-refractivity contribution in [2.45, 2.75) is 39.0 Å². The van der Waals surface area contributed by atoms with Crippen molar-refractivity contribution >= 4 is 11.7 Å². The molecular formula is C15H22N2O2. The van der Waals surface area contributed by atoms with E-state index in [2.05, 4.69) is 17.2 Å². The second-order valence-electron chi connectivity index (χ2n) is 5.57. The van der Waals surface area contributed by atoms with Crippen LogP contribution >= 0.6 is 0 Å². The third-order valence-electron chi connectivity index (χ3n) is 4.05. The van der Waals surface area contributed by atoms with Gasteiger partial charge >= 0.3 is 5.97 Å². The summed E-state index contributed by atoms with van der Waals surface area (Å²) in [5, 5.41) is 12.3. The van der Waals surface area contributed by atoms with Gasteiger partial charge in [-0.15, -0.1) is 0 Å². The van der Waals surface area contributed by atoms with Gasteiger partial charge in [-0.3, -0.25) is 4.98 Å². The molecule has 0 radical (unpaired) electrons. The Balaban J connectivity index is 1.81. The minimum Gasteiger partial charge on any atom is -0.478 e. The molecular weight excluding hydrogens is 240 g/mol. The van der Waals surface area contributed by atoms with E-state index in [0.717, 1.165) is 24.8 Å². The topological polar surface area (TPSA) is 62.2 Å². The van der Waals surface area contributed by atoms with Crippen molar-refractivity contribution in [2.75, 3.05) is 11.9 Å². The molecule has 0 bridgehead atoms. The smallest absolute Gasteiger partial charge is 0.337 e. The van der Waals surface area contributed by atoms with Gasteiger partial charge in [0.25, 0.3) is 0 Å². The Hall–Kier alpha value is -1.58. The summed E-state index contributed by atoms with van der Waals surface area (Å²) < 4.78 is 0. The van der Waals surface area contributed by atoms with Crippen LogP contribution in [0.3, 0.4) is 0 Å². The first-order valence-electron chi connectivity index (χ1n) is 7.08. The number of pyridine rings is 1. The zero-order valence-corrected chi connectivity index (χ0v) is 11.4. The van der Waals surface area contributed by atoms with E-state index in [-0.39, 0.29) is 0 Å². The van der Waals surface area contributed by atoms with Gasteiger partial charge in [0.1, 0.15) is 0 Å². The van der Waals surface area contributed by atoms with E-state index in [0.29, 0.717) is 11.3 Å². The average Bonchev–Trinajstić information content (AvgIpc) is 2.41. The summed E-state index contributed by atoms with van der Waals surface area (Å²) in [5.41, 5.74) is 0.923. The number of aromatic carboxylic acids is 1. The fraction of sp³-hybridized carbons (Fsp3) is 0.600. The number of carboxylic acids is 1. The van der Waals surface area contributed by atoms with Crippen LogP contribution in [0.4, 0.5) is 5.69 Å². The summed E-state index contributed by atoms with van der Waals surface area (Å²) in [6.45, 7) is 3.15. The molecule has 1 heterocycles. The molecule has 0 aliphatic heterocycles. The molecule has 1 aliphatic rings. The molecule has 2 rings (SSSR count). The third-order valence-corrected chi connectivity index (χ3v) is 4.05. The van der Waals surface area contributed by atoms with Gasteiger partial charge in [0.05, 0.1) is 17.4 Å². The summed E-state index contributed by atoms with van der Waals surface area (Å²) in [4.78, 5) is 15.0. The number of nitrogens with one attached hydrogen (secondary N) is 1. The fourth-order valence-corrected chi connectivity index (χ4v) is 2.75. The lowest BCUT2D eigenvalue weighted by atomic mass is 9.81. The largest absolute Gasteiger partial charge is 0.478 e. The highest BCUT2D eigenvalue weighted by Gasteiger charge is 2.18. The van der Waals surface area contributed by atoms with Crippen LogP contribution in [0.1, 0.15) is 49.4 Å². The third kappa shape index (κ3) is 3.94. The van der Waals surface area contributed by atoms with Crippen molar-refractivity contribution in [3.8, 4) is 0 Å². The number of nitrogens with zero attached hydrogens (tertiary/aromatic N) is 1. The second kappa shape index (κ2) is 6.55. The molecule has 0 aromatic carbocycles. The minimum absolute atomic E-state index is 0.298. The second-order valence-corrected chi connectivity index (χ2v) is 5.57. The Morgan fingerprint density at radius 3 is 2.84 bits per heavy atom. The van der Waals surface area contributed by atoms with Gasteiger partial charge in [0.15, 0.2) is 0 Å². The van der Waals surface area contributed by atoms with Crippen LogP contribution < -0.4 is 5.32 Å². The number of carbonyl (C=O) groups is 1. The van der Waals surface area contributed by atoms with E-state index in [1.807, 2.05) is 0 Å². The minimum atomic E-state index is -0.906. The molecule has 2 N–H and O–H groups in total. The van der Waals surface area contributed by atoms with E-state index < -0.39 is 5.97 Å². The first-order valence-corrected chi connectivity index (χ1v) is 7.08. The summed E-state index contributed by atoms with van der Waals surface area (Å²) in [6.07, 6.45) is 9.49. The highest BCUT2D eigenvalue weighted by molar-refractivity contribution is 5.93. The van der Waals surface area contributed by atoms with Crippen LogP contribution in [-0.4, -0.2) is 22.6 Å². The lowest BCUT2D eigenvalue weighted by molar-refractivity contribution is 0.0698. The zero-order chi connectivity index (χ0) is 13.7. The fourth-order valence-electron chi connectivity index (χ4n) is 2.75. The molecule has 1 aromatic rings. The standard InChI is InChI=1S/C15H22N2O2/c1-11-2-4-12(5-3-11)6-9-17-14-10-16-8-7-13(14)15(18)19/h7-8,10-12,17H,2-6,9H2,1H3,(H,18,19). The SMILES string of the molecule is CC1CCC(CCNc2cnccc2C(=O)O)CC1. The van der Waals surface area contributed by atoms with Crippen LogP contribution in [-0.2, 0) is 0 Å². The van der Waals surface area contributed by atoms with Gasteiger partial charge in [-0.1, -0.05) is 32.6 Å². The van der Waals surface area contributed by atoms with Crippen LogP contribution in [0, 0.1) is 11.8 Å². The molecule has 0 spiro atoms. The number of aromatic nitrogens is 1. The van der Waals surface area contributed by atoms with E-state index in [9.17, 15) is 4.79 Å². The van der Waals surface area contributed by atoms with Gasteiger partial charge < -0.3 is 10.4 Å². The van der Waals surface area contributed by atoms with E-state index in [1.165, 1.54) is 37.9 Å². The molecule has 0 unspecified atom stereocenters. The Morgan fingerprint density at radius 1 is 1.42 bits per heavy atom. The lowest BCUT2D eigenvalue weighted by Crippen LogP contribution is -2.16. The molecule has 1 aromatic heterocycles. The van der Waals surface area contributed by atoms with Crippen molar-refractivity contribution in [1.82, 2.24) is 4.98 Å². The summed E-state index contributed by atoms with van der Waals surface area (Å²) in [6, 6.07) is 1.53. The monoisotopic (exact) mass is 262 g/mol. The van der Waals surface area contributed by atoms with Crippen molar-refractivity contribution in [2.24, 2.45) is 11.8 Å². The van der Waals surface area contributed by atoms with Crippen LogP contribution in [0.25, 0.3) is 0 Å².